The van der Waals surface area contributed by atoms with Crippen molar-refractivity contribution in [2.75, 3.05) is 0 Å². The van der Waals surface area contributed by atoms with Crippen molar-refractivity contribution in [1.82, 2.24) is 4.98 Å². The van der Waals surface area contributed by atoms with Crippen LogP contribution in [0, 0.1) is 6.92 Å². The fourth-order valence-electron chi connectivity index (χ4n) is 1.06. The molecule has 0 spiro atoms. The molecule has 0 aromatic carbocycles. The predicted octanol–water partition coefficient (Wildman–Crippen LogP) is 1.42. The summed E-state index contributed by atoms with van der Waals surface area (Å²) in [7, 11) is 0. The summed E-state index contributed by atoms with van der Waals surface area (Å²) in [4.78, 5) is 13.1. The zero-order valence-corrected chi connectivity index (χ0v) is 7.09. The molecule has 0 radical (unpaired) electrons. The molecule has 0 bridgehead atoms. The Kier molecular flexibility index (Phi) is 2.33. The van der Waals surface area contributed by atoms with E-state index >= 15 is 0 Å². The minimum atomic E-state index is -0.279. The second-order valence-electron chi connectivity index (χ2n) is 2.58. The van der Waals surface area contributed by atoms with Crippen molar-refractivity contribution in [3.8, 4) is 5.88 Å². The van der Waals surface area contributed by atoms with Crippen LogP contribution in [0.2, 0.25) is 0 Å². The molecule has 1 aromatic rings. The number of aromatic nitrogens is 1. The van der Waals surface area contributed by atoms with Gasteiger partial charge in [-0.2, -0.15) is 0 Å². The van der Waals surface area contributed by atoms with Crippen LogP contribution >= 0.6 is 0 Å². The minimum absolute atomic E-state index is 0.0712. The van der Waals surface area contributed by atoms with Gasteiger partial charge in [-0.3, -0.25) is 9.78 Å². The molecule has 1 heterocycles. The number of hydrogen-bond acceptors (Lipinski definition) is 2. The third-order valence-corrected chi connectivity index (χ3v) is 1.60. The van der Waals surface area contributed by atoms with Crippen LogP contribution in [0.5, 0.6) is 5.88 Å². The van der Waals surface area contributed by atoms with Gasteiger partial charge in [-0.05, 0) is 19.4 Å². The van der Waals surface area contributed by atoms with E-state index in [9.17, 15) is 9.90 Å². The Labute approximate surface area is 70.4 Å². The second kappa shape index (κ2) is 3.26. The lowest BCUT2D eigenvalue weighted by Gasteiger charge is -2.01. The van der Waals surface area contributed by atoms with Gasteiger partial charge in [0.2, 0.25) is 0 Å². The van der Waals surface area contributed by atoms with Gasteiger partial charge in [0.25, 0.3) is 5.56 Å². The Balaban J connectivity index is 3.38. The molecule has 0 unspecified atom stereocenters. The zero-order chi connectivity index (χ0) is 9.14. The maximum absolute atomic E-state index is 10.8. The predicted molar refractivity (Wildman–Crippen MR) is 48.2 cm³/mol. The van der Waals surface area contributed by atoms with Crippen LogP contribution in [0.1, 0.15) is 18.1 Å². The molecule has 3 heteroatoms. The summed E-state index contributed by atoms with van der Waals surface area (Å²) in [6.45, 7) is 3.63. The van der Waals surface area contributed by atoms with Crippen LogP contribution in [0.25, 0.3) is 6.08 Å². The fourth-order valence-corrected chi connectivity index (χ4v) is 1.06. The van der Waals surface area contributed by atoms with Gasteiger partial charge in [-0.25, -0.2) is 0 Å². The van der Waals surface area contributed by atoms with Crippen LogP contribution < -0.4 is 5.56 Å². The monoisotopic (exact) mass is 165 g/mol. The van der Waals surface area contributed by atoms with Crippen molar-refractivity contribution in [1.29, 1.82) is 0 Å². The van der Waals surface area contributed by atoms with Crippen LogP contribution in [-0.2, 0) is 0 Å². The number of aromatic amines is 1. The summed E-state index contributed by atoms with van der Waals surface area (Å²) in [5.41, 5.74) is 1.16. The number of aromatic hydroxyl groups is 1. The second-order valence-corrected chi connectivity index (χ2v) is 2.58. The van der Waals surface area contributed by atoms with Gasteiger partial charge in [0.05, 0.1) is 0 Å². The molecular formula is C9H11NO2. The molecular weight excluding hydrogens is 154 g/mol. The van der Waals surface area contributed by atoms with Crippen LogP contribution in [-0.4, -0.2) is 10.1 Å². The number of hydrogen-bond donors (Lipinski definition) is 2. The normalized spacial score (nSPS) is 10.8. The highest BCUT2D eigenvalue weighted by Gasteiger charge is 2.01. The van der Waals surface area contributed by atoms with Gasteiger partial charge < -0.3 is 5.11 Å². The number of pyridine rings is 1. The van der Waals surface area contributed by atoms with Crippen LogP contribution in [0.3, 0.4) is 0 Å². The highest BCUT2D eigenvalue weighted by atomic mass is 16.3. The first kappa shape index (κ1) is 8.59. The van der Waals surface area contributed by atoms with Gasteiger partial charge in [0.15, 0.2) is 5.88 Å². The van der Waals surface area contributed by atoms with E-state index in [1.165, 1.54) is 6.07 Å². The minimum Gasteiger partial charge on any atom is -0.494 e. The molecule has 0 aliphatic heterocycles. The summed E-state index contributed by atoms with van der Waals surface area (Å²) in [5.74, 6) is -0.0712. The number of allylic oxidation sites excluding steroid dienone is 1. The Morgan fingerprint density at radius 2 is 2.25 bits per heavy atom. The van der Waals surface area contributed by atoms with Gasteiger partial charge in [-0.1, -0.05) is 12.2 Å². The van der Waals surface area contributed by atoms with Gasteiger partial charge >= 0.3 is 0 Å². The van der Waals surface area contributed by atoms with Crippen molar-refractivity contribution in [3.05, 3.63) is 33.6 Å². The molecule has 0 fully saturated rings. The molecule has 0 saturated heterocycles. The van der Waals surface area contributed by atoms with Crippen molar-refractivity contribution in [3.63, 3.8) is 0 Å². The largest absolute Gasteiger partial charge is 0.494 e. The van der Waals surface area contributed by atoms with Crippen molar-refractivity contribution >= 4 is 6.08 Å². The maximum Gasteiger partial charge on any atom is 0.250 e. The summed E-state index contributed by atoms with van der Waals surface area (Å²) >= 11 is 0. The lowest BCUT2D eigenvalue weighted by Crippen LogP contribution is -2.05. The van der Waals surface area contributed by atoms with E-state index in [0.717, 1.165) is 5.56 Å². The molecule has 0 saturated carbocycles. The quantitative estimate of drug-likeness (QED) is 0.661. The molecule has 0 amide bonds. The molecule has 0 aliphatic carbocycles. The van der Waals surface area contributed by atoms with Crippen molar-refractivity contribution in [2.24, 2.45) is 0 Å². The van der Waals surface area contributed by atoms with Crippen molar-refractivity contribution in [2.45, 2.75) is 13.8 Å². The molecule has 12 heavy (non-hydrogen) atoms. The molecule has 2 N–H and O–H groups in total. The number of aryl methyl sites for hydroxylation is 1. The summed E-state index contributed by atoms with van der Waals surface area (Å²) in [5, 5.41) is 9.30. The number of rotatable bonds is 1. The van der Waals surface area contributed by atoms with Crippen LogP contribution in [0.4, 0.5) is 0 Å². The van der Waals surface area contributed by atoms with Gasteiger partial charge in [-0.15, -0.1) is 0 Å². The zero-order valence-electron chi connectivity index (χ0n) is 7.09. The molecule has 64 valence electrons. The summed E-state index contributed by atoms with van der Waals surface area (Å²) in [6, 6.07) is 1.45. The van der Waals surface area contributed by atoms with Gasteiger partial charge in [0, 0.05) is 11.6 Å². The highest BCUT2D eigenvalue weighted by Crippen LogP contribution is 2.16. The number of nitrogens with one attached hydrogen (secondary N) is 1. The molecule has 3 nitrogen and oxygen atoms in total. The average molecular weight is 165 g/mol. The summed E-state index contributed by atoms with van der Waals surface area (Å²) < 4.78 is 0. The van der Waals surface area contributed by atoms with E-state index in [1.54, 1.807) is 19.1 Å². The molecule has 0 atom stereocenters. The standard InChI is InChI=1S/C9H11NO2/c1-3-4-7-6(2)5-8(11)10-9(7)12/h3-5H,1-2H3,(H2,10,11,12). The van der Waals surface area contributed by atoms with E-state index in [-0.39, 0.29) is 11.4 Å². The summed E-state index contributed by atoms with van der Waals surface area (Å²) in [6.07, 6.45) is 3.56. The first-order chi connectivity index (χ1) is 5.65. The third kappa shape index (κ3) is 1.56. The first-order valence-corrected chi connectivity index (χ1v) is 3.70. The lowest BCUT2D eigenvalue weighted by molar-refractivity contribution is 0.450. The number of H-pyrrole nitrogens is 1. The Hall–Kier alpha value is -1.51. The van der Waals surface area contributed by atoms with Crippen LogP contribution in [0.15, 0.2) is 16.9 Å². The maximum atomic E-state index is 10.8. The molecule has 1 aromatic heterocycles. The lowest BCUT2D eigenvalue weighted by atomic mass is 10.1. The molecule has 0 aliphatic rings. The van der Waals surface area contributed by atoms with E-state index in [1.807, 2.05) is 6.92 Å². The Bertz CT molecular complexity index is 337. The van der Waals surface area contributed by atoms with E-state index < -0.39 is 0 Å². The Morgan fingerprint density at radius 3 is 2.75 bits per heavy atom. The van der Waals surface area contributed by atoms with E-state index in [0.29, 0.717) is 5.56 Å². The smallest absolute Gasteiger partial charge is 0.250 e. The van der Waals surface area contributed by atoms with E-state index in [4.69, 9.17) is 0 Å². The first-order valence-electron chi connectivity index (χ1n) is 3.70. The highest BCUT2D eigenvalue weighted by molar-refractivity contribution is 5.57. The van der Waals surface area contributed by atoms with Gasteiger partial charge in [0.1, 0.15) is 0 Å². The third-order valence-electron chi connectivity index (χ3n) is 1.60. The van der Waals surface area contributed by atoms with E-state index in [2.05, 4.69) is 4.98 Å². The topological polar surface area (TPSA) is 53.1 Å². The average Bonchev–Trinajstić information content (AvgIpc) is 1.96. The Morgan fingerprint density at radius 1 is 1.58 bits per heavy atom. The SMILES string of the molecule is CC=Cc1c(C)cc(=O)[nH]c1O. The van der Waals surface area contributed by atoms with Crippen molar-refractivity contribution < 1.29 is 5.11 Å². The fraction of sp³-hybridized carbons (Fsp3) is 0.222. The molecule has 1 rings (SSSR count).